The second kappa shape index (κ2) is 10.1. The van der Waals surface area contributed by atoms with Gasteiger partial charge in [0.25, 0.3) is 0 Å². The third kappa shape index (κ3) is 5.07. The van der Waals surface area contributed by atoms with Crippen molar-refractivity contribution in [3.05, 3.63) is 47.3 Å². The minimum atomic E-state index is -0.444. The zero-order valence-electron chi connectivity index (χ0n) is 19.4. The molecule has 3 aliphatic rings. The van der Waals surface area contributed by atoms with E-state index < -0.39 is 5.60 Å². The van der Waals surface area contributed by atoms with Crippen LogP contribution in [0.2, 0.25) is 0 Å². The molecule has 0 radical (unpaired) electrons. The van der Waals surface area contributed by atoms with E-state index in [-0.39, 0.29) is 17.9 Å². The Bertz CT molecular complexity index is 1010. The third-order valence-electron chi connectivity index (χ3n) is 7.03. The lowest BCUT2D eigenvalue weighted by molar-refractivity contribution is -0.128. The van der Waals surface area contributed by atoms with Crippen molar-refractivity contribution in [1.82, 2.24) is 30.5 Å². The maximum Gasteiger partial charge on any atom is 0.317 e. The molecule has 2 aromatic rings. The van der Waals surface area contributed by atoms with Crippen LogP contribution in [0.15, 0.2) is 30.3 Å². The highest BCUT2D eigenvalue weighted by Crippen LogP contribution is 2.32. The second-order valence-electron chi connectivity index (χ2n) is 9.36. The number of amides is 3. The van der Waals surface area contributed by atoms with Gasteiger partial charge < -0.3 is 25.0 Å². The molecule has 34 heavy (non-hydrogen) atoms. The molecule has 2 N–H and O–H groups in total. The van der Waals surface area contributed by atoms with Crippen molar-refractivity contribution in [1.29, 1.82) is 0 Å². The lowest BCUT2D eigenvalue weighted by Gasteiger charge is -2.34. The highest BCUT2D eigenvalue weighted by molar-refractivity contribution is 5.78. The van der Waals surface area contributed by atoms with Gasteiger partial charge in [-0.2, -0.15) is 0 Å². The lowest BCUT2D eigenvalue weighted by atomic mass is 9.99. The number of aromatic nitrogens is 3. The van der Waals surface area contributed by atoms with Crippen molar-refractivity contribution in [2.24, 2.45) is 5.92 Å². The summed E-state index contributed by atoms with van der Waals surface area (Å²) < 4.78 is 13.5. The molecule has 1 aromatic carbocycles. The maximum absolute atomic E-state index is 12.7. The summed E-state index contributed by atoms with van der Waals surface area (Å²) in [6.07, 6.45) is 3.08. The number of carbonyl (C=O) groups is 2. The van der Waals surface area contributed by atoms with Crippen LogP contribution in [-0.2, 0) is 40.4 Å². The molecule has 0 aliphatic carbocycles. The van der Waals surface area contributed by atoms with Crippen LogP contribution < -0.4 is 10.6 Å². The average molecular weight is 469 g/mol. The van der Waals surface area contributed by atoms with Crippen LogP contribution in [-0.4, -0.2) is 70.3 Å². The van der Waals surface area contributed by atoms with E-state index in [2.05, 4.69) is 33.1 Å². The number of hydrogen-bond acceptors (Lipinski definition) is 6. The smallest absolute Gasteiger partial charge is 0.317 e. The van der Waals surface area contributed by atoms with Crippen LogP contribution in [0.3, 0.4) is 0 Å². The van der Waals surface area contributed by atoms with Crippen molar-refractivity contribution < 1.29 is 19.1 Å². The molecule has 0 saturated carbocycles. The number of benzene rings is 1. The molecule has 3 amide bonds. The molecule has 2 fully saturated rings. The first-order chi connectivity index (χ1) is 16.6. The number of likely N-dealkylation sites (tertiary alicyclic amines) is 1. The third-order valence-corrected chi connectivity index (χ3v) is 7.03. The molecule has 1 spiro atoms. The summed E-state index contributed by atoms with van der Waals surface area (Å²) in [5.74, 6) is 0.0472. The molecule has 182 valence electrons. The topological polar surface area (TPSA) is 111 Å². The van der Waals surface area contributed by atoms with Gasteiger partial charge in [-0.05, 0) is 31.2 Å². The number of nitrogens with one attached hydrogen (secondary N) is 2. The van der Waals surface area contributed by atoms with Gasteiger partial charge in [0.2, 0.25) is 5.91 Å². The van der Waals surface area contributed by atoms with E-state index in [0.29, 0.717) is 52.5 Å². The Morgan fingerprint density at radius 2 is 1.94 bits per heavy atom. The van der Waals surface area contributed by atoms with Gasteiger partial charge in [0.15, 0.2) is 0 Å². The molecule has 10 nitrogen and oxygen atoms in total. The van der Waals surface area contributed by atoms with Crippen molar-refractivity contribution >= 4 is 11.9 Å². The fourth-order valence-electron chi connectivity index (χ4n) is 4.94. The van der Waals surface area contributed by atoms with Crippen LogP contribution in [0.25, 0.3) is 0 Å². The Hall–Kier alpha value is -2.98. The molecule has 0 bridgehead atoms. The van der Waals surface area contributed by atoms with Gasteiger partial charge in [-0.15, -0.1) is 5.10 Å². The fourth-order valence-corrected chi connectivity index (χ4v) is 4.94. The van der Waals surface area contributed by atoms with Crippen LogP contribution in [0.4, 0.5) is 4.79 Å². The van der Waals surface area contributed by atoms with Crippen LogP contribution in [0.5, 0.6) is 0 Å². The number of carbonyl (C=O) groups excluding carboxylic acids is 2. The van der Waals surface area contributed by atoms with E-state index in [1.165, 1.54) is 5.56 Å². The SMILES string of the molecule is O=C(NCc1nnn2c1COC1(CCN(C(=O)NCCc3ccccc3)C1)C2)C1CCOCC1. The second-order valence-corrected chi connectivity index (χ2v) is 9.36. The van der Waals surface area contributed by atoms with Crippen molar-refractivity contribution in [3.8, 4) is 0 Å². The van der Waals surface area contributed by atoms with Crippen molar-refractivity contribution in [3.63, 3.8) is 0 Å². The standard InChI is InChI=1S/C24H32N6O4/c31-22(19-7-12-33-13-8-19)26-14-20-21-15-34-24(17-30(21)28-27-20)9-11-29(16-24)23(32)25-10-6-18-4-2-1-3-5-18/h1-5,19H,6-17H2,(H,25,32)(H,26,31). The Kier molecular flexibility index (Phi) is 6.77. The highest BCUT2D eigenvalue weighted by Gasteiger charge is 2.44. The largest absolute Gasteiger partial charge is 0.381 e. The number of nitrogens with zero attached hydrogens (tertiary/aromatic N) is 4. The summed E-state index contributed by atoms with van der Waals surface area (Å²) in [4.78, 5) is 26.9. The fraction of sp³-hybridized carbons (Fsp3) is 0.583. The number of hydrogen-bond donors (Lipinski definition) is 2. The van der Waals surface area contributed by atoms with Gasteiger partial charge in [-0.3, -0.25) is 4.79 Å². The summed E-state index contributed by atoms with van der Waals surface area (Å²) in [5, 5.41) is 14.6. The molecule has 4 heterocycles. The van der Waals surface area contributed by atoms with Crippen LogP contribution >= 0.6 is 0 Å². The molecule has 3 aliphatic heterocycles. The molecular weight excluding hydrogens is 436 g/mol. The van der Waals surface area contributed by atoms with E-state index in [1.54, 1.807) is 0 Å². The zero-order valence-corrected chi connectivity index (χ0v) is 19.4. The minimum Gasteiger partial charge on any atom is -0.381 e. The molecule has 5 rings (SSSR count). The van der Waals surface area contributed by atoms with E-state index in [1.807, 2.05) is 27.8 Å². The van der Waals surface area contributed by atoms with E-state index in [9.17, 15) is 9.59 Å². The molecule has 1 aromatic heterocycles. The van der Waals surface area contributed by atoms with Gasteiger partial charge in [0, 0.05) is 32.2 Å². The summed E-state index contributed by atoms with van der Waals surface area (Å²) >= 11 is 0. The Morgan fingerprint density at radius 3 is 2.76 bits per heavy atom. The number of fused-ring (bicyclic) bond motifs is 1. The van der Waals surface area contributed by atoms with Gasteiger partial charge in [-0.1, -0.05) is 35.5 Å². The van der Waals surface area contributed by atoms with Crippen LogP contribution in [0.1, 0.15) is 36.2 Å². The number of urea groups is 1. The molecule has 2 saturated heterocycles. The maximum atomic E-state index is 12.7. The van der Waals surface area contributed by atoms with Gasteiger partial charge >= 0.3 is 6.03 Å². The quantitative estimate of drug-likeness (QED) is 0.660. The lowest BCUT2D eigenvalue weighted by Crippen LogP contribution is -2.47. The van der Waals surface area contributed by atoms with E-state index in [4.69, 9.17) is 9.47 Å². The molecular formula is C24H32N6O4. The highest BCUT2D eigenvalue weighted by atomic mass is 16.5. The average Bonchev–Trinajstić information content (AvgIpc) is 3.47. The Morgan fingerprint density at radius 1 is 1.12 bits per heavy atom. The summed E-state index contributed by atoms with van der Waals surface area (Å²) in [6.45, 7) is 4.32. The van der Waals surface area contributed by atoms with Gasteiger partial charge in [0.05, 0.1) is 31.9 Å². The summed E-state index contributed by atoms with van der Waals surface area (Å²) in [5.41, 5.74) is 2.39. The monoisotopic (exact) mass is 468 g/mol. The predicted molar refractivity (Wildman–Crippen MR) is 123 cm³/mol. The number of rotatable bonds is 6. The summed E-state index contributed by atoms with van der Waals surface area (Å²) in [6, 6.07) is 10.1. The van der Waals surface area contributed by atoms with Crippen molar-refractivity contribution in [2.45, 2.75) is 51.0 Å². The zero-order chi connectivity index (χ0) is 23.4. The normalized spacial score (nSPS) is 22.5. The van der Waals surface area contributed by atoms with E-state index in [0.717, 1.165) is 37.1 Å². The van der Waals surface area contributed by atoms with Gasteiger partial charge in [0.1, 0.15) is 11.3 Å². The molecule has 1 unspecified atom stereocenters. The van der Waals surface area contributed by atoms with E-state index >= 15 is 0 Å². The molecule has 10 heteroatoms. The first kappa shape index (κ1) is 22.8. The first-order valence-electron chi connectivity index (χ1n) is 12.1. The first-order valence-corrected chi connectivity index (χ1v) is 12.1. The van der Waals surface area contributed by atoms with Gasteiger partial charge in [-0.25, -0.2) is 9.48 Å². The number of ether oxygens (including phenoxy) is 2. The van der Waals surface area contributed by atoms with Crippen molar-refractivity contribution in [2.75, 3.05) is 32.8 Å². The minimum absolute atomic E-state index is 0.00276. The van der Waals surface area contributed by atoms with Crippen LogP contribution in [0, 0.1) is 5.92 Å². The molecule has 1 atom stereocenters. The summed E-state index contributed by atoms with van der Waals surface area (Å²) in [7, 11) is 0. The Labute approximate surface area is 199 Å². The Balaban J connectivity index is 1.11. The predicted octanol–water partition coefficient (Wildman–Crippen LogP) is 1.25.